The average Bonchev–Trinajstić information content (AvgIpc) is 2.57. The topological polar surface area (TPSA) is 96.5 Å². The third-order valence-electron chi connectivity index (χ3n) is 6.37. The van der Waals surface area contributed by atoms with Crippen LogP contribution in [0.3, 0.4) is 0 Å². The summed E-state index contributed by atoms with van der Waals surface area (Å²) in [6.07, 6.45) is 5.96. The number of nitro groups is 1. The van der Waals surface area contributed by atoms with Gasteiger partial charge in [-0.05, 0) is 48.5 Å². The molecule has 150 valence electrons. The SMILES string of the molecule is C[C@H]1CC(c2ccncc2[N+](=O)[O-])=C[C@@H](CC(C)(C)[Si](C)(C)O)[C@@]1(O)CBr. The van der Waals surface area contributed by atoms with Crippen molar-refractivity contribution in [2.45, 2.75) is 57.3 Å². The van der Waals surface area contributed by atoms with Gasteiger partial charge in [-0.1, -0.05) is 42.8 Å². The minimum Gasteiger partial charge on any atom is -0.432 e. The van der Waals surface area contributed by atoms with Crippen LogP contribution in [-0.2, 0) is 0 Å². The second-order valence-corrected chi connectivity index (χ2v) is 13.9. The van der Waals surface area contributed by atoms with Crippen molar-refractivity contribution in [2.24, 2.45) is 11.8 Å². The zero-order chi connectivity index (χ0) is 20.6. The minimum atomic E-state index is -2.47. The third-order valence-corrected chi connectivity index (χ3v) is 10.8. The average molecular weight is 457 g/mol. The molecule has 0 saturated heterocycles. The van der Waals surface area contributed by atoms with Crippen LogP contribution >= 0.6 is 15.9 Å². The van der Waals surface area contributed by atoms with Gasteiger partial charge in [0.2, 0.25) is 0 Å². The summed E-state index contributed by atoms with van der Waals surface area (Å²) in [5, 5.41) is 22.9. The van der Waals surface area contributed by atoms with Gasteiger partial charge in [0.15, 0.2) is 8.32 Å². The van der Waals surface area contributed by atoms with E-state index >= 15 is 0 Å². The van der Waals surface area contributed by atoms with Crippen molar-refractivity contribution in [3.63, 3.8) is 0 Å². The number of aromatic nitrogens is 1. The Kier molecular flexibility index (Phi) is 6.36. The van der Waals surface area contributed by atoms with Crippen molar-refractivity contribution in [1.82, 2.24) is 4.98 Å². The van der Waals surface area contributed by atoms with E-state index in [0.717, 1.165) is 5.57 Å². The van der Waals surface area contributed by atoms with E-state index in [-0.39, 0.29) is 22.6 Å². The van der Waals surface area contributed by atoms with E-state index < -0.39 is 18.8 Å². The van der Waals surface area contributed by atoms with E-state index in [1.807, 2.05) is 39.9 Å². The van der Waals surface area contributed by atoms with Crippen LogP contribution in [0.1, 0.15) is 39.2 Å². The molecule has 0 unspecified atom stereocenters. The molecular formula is C19H29BrN2O4Si. The first kappa shape index (κ1) is 22.2. The first-order chi connectivity index (χ1) is 12.3. The van der Waals surface area contributed by atoms with Crippen LogP contribution in [0.4, 0.5) is 5.69 Å². The highest BCUT2D eigenvalue weighted by atomic mass is 79.9. The molecule has 1 aromatic heterocycles. The number of rotatable bonds is 6. The van der Waals surface area contributed by atoms with Crippen molar-refractivity contribution >= 4 is 35.5 Å². The molecule has 1 heterocycles. The molecule has 0 aromatic carbocycles. The number of nitrogens with zero attached hydrogens (tertiary/aromatic N) is 2. The van der Waals surface area contributed by atoms with E-state index in [2.05, 4.69) is 20.9 Å². The predicted molar refractivity (Wildman–Crippen MR) is 113 cm³/mol. The number of alkyl halides is 1. The lowest BCUT2D eigenvalue weighted by atomic mass is 9.67. The first-order valence-corrected chi connectivity index (χ1v) is 13.2. The van der Waals surface area contributed by atoms with E-state index in [0.29, 0.717) is 23.7 Å². The largest absolute Gasteiger partial charge is 0.432 e. The van der Waals surface area contributed by atoms with Gasteiger partial charge in [-0.2, -0.15) is 0 Å². The van der Waals surface area contributed by atoms with Crippen molar-refractivity contribution in [3.8, 4) is 0 Å². The molecule has 8 heteroatoms. The molecule has 0 amide bonds. The lowest BCUT2D eigenvalue weighted by Gasteiger charge is -2.47. The summed E-state index contributed by atoms with van der Waals surface area (Å²) in [4.78, 5) is 25.6. The highest BCUT2D eigenvalue weighted by Gasteiger charge is 2.48. The normalized spacial score (nSPS) is 26.6. The second kappa shape index (κ2) is 7.73. The molecule has 0 spiro atoms. The van der Waals surface area contributed by atoms with E-state index in [1.54, 1.807) is 12.3 Å². The summed E-state index contributed by atoms with van der Waals surface area (Å²) in [7, 11) is -2.47. The van der Waals surface area contributed by atoms with E-state index in [1.165, 1.54) is 6.20 Å². The number of aliphatic hydroxyl groups is 1. The van der Waals surface area contributed by atoms with E-state index in [4.69, 9.17) is 0 Å². The maximum atomic E-state index is 11.4. The van der Waals surface area contributed by atoms with Crippen molar-refractivity contribution in [2.75, 3.05) is 5.33 Å². The van der Waals surface area contributed by atoms with Crippen LogP contribution in [-0.4, -0.2) is 39.1 Å². The fraction of sp³-hybridized carbons (Fsp3) is 0.632. The van der Waals surface area contributed by atoms with Crippen LogP contribution in [0.25, 0.3) is 5.57 Å². The standard InChI is InChI=1S/C19H29BrN2O4Si/c1-13-8-14(16-6-7-21-11-17(16)22(24)25)9-15(19(13,23)12-20)10-18(2,3)27(4,5)26/h6-7,9,11,13,15,23,26H,8,10,12H2,1-5H3/t13-,15-,19+/m0/s1. The second-order valence-electron chi connectivity index (χ2n) is 8.83. The number of halogens is 1. The maximum absolute atomic E-state index is 11.4. The molecule has 6 nitrogen and oxygen atoms in total. The summed E-state index contributed by atoms with van der Waals surface area (Å²) in [6, 6.07) is 1.67. The van der Waals surface area contributed by atoms with Gasteiger partial charge in [0.25, 0.3) is 5.69 Å². The molecule has 1 aliphatic carbocycles. The molecule has 0 saturated carbocycles. The number of hydrogen-bond donors (Lipinski definition) is 2. The zero-order valence-corrected chi connectivity index (χ0v) is 19.2. The van der Waals surface area contributed by atoms with Crippen LogP contribution < -0.4 is 0 Å². The molecule has 27 heavy (non-hydrogen) atoms. The van der Waals surface area contributed by atoms with Crippen LogP contribution in [0, 0.1) is 22.0 Å². The fourth-order valence-electron chi connectivity index (χ4n) is 3.60. The van der Waals surface area contributed by atoms with Crippen molar-refractivity contribution < 1.29 is 14.8 Å². The van der Waals surface area contributed by atoms with Gasteiger partial charge in [0, 0.05) is 17.4 Å². The van der Waals surface area contributed by atoms with Gasteiger partial charge < -0.3 is 9.90 Å². The summed E-state index contributed by atoms with van der Waals surface area (Å²) in [5.41, 5.74) is 0.430. The third kappa shape index (κ3) is 4.34. The Balaban J connectivity index is 2.54. The van der Waals surface area contributed by atoms with Crippen molar-refractivity contribution in [3.05, 3.63) is 40.2 Å². The number of pyridine rings is 1. The van der Waals surface area contributed by atoms with Gasteiger partial charge in [0.05, 0.1) is 16.1 Å². The summed E-state index contributed by atoms with van der Waals surface area (Å²) < 4.78 is 0. The van der Waals surface area contributed by atoms with Crippen LogP contribution in [0.2, 0.25) is 18.1 Å². The molecule has 2 rings (SSSR count). The fourth-order valence-corrected chi connectivity index (χ4v) is 5.28. The Labute approximate surface area is 170 Å². The summed E-state index contributed by atoms with van der Waals surface area (Å²) in [5.74, 6) is -0.314. The molecule has 0 radical (unpaired) electrons. The Bertz CT molecular complexity index is 747. The van der Waals surface area contributed by atoms with Crippen LogP contribution in [0.5, 0.6) is 0 Å². The highest BCUT2D eigenvalue weighted by molar-refractivity contribution is 9.09. The lowest BCUT2D eigenvalue weighted by Crippen LogP contribution is -2.50. The quantitative estimate of drug-likeness (QED) is 0.283. The molecule has 1 aliphatic rings. The molecular weight excluding hydrogens is 428 g/mol. The van der Waals surface area contributed by atoms with Gasteiger partial charge in [-0.3, -0.25) is 15.1 Å². The van der Waals surface area contributed by atoms with E-state index in [9.17, 15) is 20.0 Å². The summed E-state index contributed by atoms with van der Waals surface area (Å²) >= 11 is 3.47. The lowest BCUT2D eigenvalue weighted by molar-refractivity contribution is -0.385. The first-order valence-electron chi connectivity index (χ1n) is 9.13. The van der Waals surface area contributed by atoms with Gasteiger partial charge in [0.1, 0.15) is 6.20 Å². The number of hydrogen-bond acceptors (Lipinski definition) is 5. The Hall–Kier alpha value is -1.09. The molecule has 3 atom stereocenters. The summed E-state index contributed by atoms with van der Waals surface area (Å²) in [6.45, 7) is 9.86. The molecule has 0 aliphatic heterocycles. The Morgan fingerprint density at radius 1 is 1.48 bits per heavy atom. The van der Waals surface area contributed by atoms with Crippen molar-refractivity contribution in [1.29, 1.82) is 0 Å². The Morgan fingerprint density at radius 3 is 2.63 bits per heavy atom. The monoisotopic (exact) mass is 456 g/mol. The smallest absolute Gasteiger partial charge is 0.294 e. The van der Waals surface area contributed by atoms with Gasteiger partial charge in [-0.15, -0.1) is 0 Å². The highest BCUT2D eigenvalue weighted by Crippen LogP contribution is 2.50. The molecule has 0 bridgehead atoms. The van der Waals surface area contributed by atoms with Crippen LogP contribution in [0.15, 0.2) is 24.5 Å². The van der Waals surface area contributed by atoms with Gasteiger partial charge >= 0.3 is 0 Å². The predicted octanol–water partition coefficient (Wildman–Crippen LogP) is 4.52. The molecule has 0 fully saturated rings. The molecule has 2 N–H and O–H groups in total. The van der Waals surface area contributed by atoms with Gasteiger partial charge in [-0.25, -0.2) is 0 Å². The zero-order valence-electron chi connectivity index (χ0n) is 16.6. The minimum absolute atomic E-state index is 0.0184. The maximum Gasteiger partial charge on any atom is 0.294 e. The Morgan fingerprint density at radius 2 is 2.11 bits per heavy atom. The number of allylic oxidation sites excluding steroid dienone is 1. The molecule has 1 aromatic rings.